The predicted octanol–water partition coefficient (Wildman–Crippen LogP) is 0.229. The molecule has 164 valence electrons. The van der Waals surface area contributed by atoms with E-state index in [-0.39, 0.29) is 12.5 Å². The Balaban J connectivity index is 2.32. The van der Waals surface area contributed by atoms with Crippen LogP contribution in [0.15, 0.2) is 27.7 Å². The smallest absolute Gasteiger partial charge is 0.328 e. The number of aromatic nitrogens is 2. The zero-order valence-corrected chi connectivity index (χ0v) is 17.7. The summed E-state index contributed by atoms with van der Waals surface area (Å²) in [5.41, 5.74) is -0.611. The van der Waals surface area contributed by atoms with Gasteiger partial charge in [0.15, 0.2) is 7.14 Å². The van der Waals surface area contributed by atoms with E-state index in [4.69, 9.17) is 14.2 Å². The van der Waals surface area contributed by atoms with Crippen LogP contribution in [-0.4, -0.2) is 71.6 Å². The first-order valence-electron chi connectivity index (χ1n) is 9.29. The third-order valence-electron chi connectivity index (χ3n) is 5.00. The standard InChI is InChI=1S/C18H29N2O8P/c1-12-8-20(18(24)19-17(12)23)14-9-28-15(4-7-29(25,10-21)11-22)13(2)16(14)27-6-5-26-3/h4,7-8,13-16,21-22H,5-6,9-11H2,1-3H3,(H,19,23,24)/b7-4+/t13-,14-,15?,16-/m1/s1. The number of aromatic amines is 1. The van der Waals surface area contributed by atoms with Gasteiger partial charge >= 0.3 is 5.69 Å². The van der Waals surface area contributed by atoms with Gasteiger partial charge in [-0.3, -0.25) is 14.3 Å². The van der Waals surface area contributed by atoms with Gasteiger partial charge in [0.2, 0.25) is 0 Å². The highest BCUT2D eigenvalue weighted by molar-refractivity contribution is 7.66. The van der Waals surface area contributed by atoms with Gasteiger partial charge < -0.3 is 29.0 Å². The normalized spacial score (nSPS) is 25.6. The van der Waals surface area contributed by atoms with Crippen LogP contribution in [0, 0.1) is 12.8 Å². The molecule has 0 bridgehead atoms. The molecule has 0 amide bonds. The van der Waals surface area contributed by atoms with E-state index in [9.17, 15) is 24.4 Å². The Morgan fingerprint density at radius 1 is 1.34 bits per heavy atom. The molecule has 29 heavy (non-hydrogen) atoms. The lowest BCUT2D eigenvalue weighted by atomic mass is 9.89. The molecule has 2 heterocycles. The molecular weight excluding hydrogens is 403 g/mol. The SMILES string of the molecule is COCCO[C@@H]1[C@H](C)C(/C=C/P(=O)(CO)CO)OC[C@H]1n1cc(C)c(=O)[nH]c1=O. The number of rotatable bonds is 9. The number of aryl methyl sites for hydroxylation is 1. The predicted molar refractivity (Wildman–Crippen MR) is 107 cm³/mol. The zero-order chi connectivity index (χ0) is 21.6. The Morgan fingerprint density at radius 3 is 2.66 bits per heavy atom. The van der Waals surface area contributed by atoms with Crippen molar-refractivity contribution in [3.63, 3.8) is 0 Å². The van der Waals surface area contributed by atoms with Crippen molar-refractivity contribution in [3.05, 3.63) is 44.5 Å². The van der Waals surface area contributed by atoms with E-state index >= 15 is 0 Å². The Bertz CT molecular complexity index is 856. The fourth-order valence-electron chi connectivity index (χ4n) is 3.21. The molecule has 0 saturated carbocycles. The minimum atomic E-state index is -3.22. The van der Waals surface area contributed by atoms with Crippen LogP contribution in [-0.2, 0) is 18.8 Å². The first kappa shape index (κ1) is 23.7. The lowest BCUT2D eigenvalue weighted by molar-refractivity contribution is -0.131. The van der Waals surface area contributed by atoms with Gasteiger partial charge in [-0.25, -0.2) is 4.79 Å². The number of H-pyrrole nitrogens is 1. The fourth-order valence-corrected chi connectivity index (χ4v) is 3.97. The Labute approximate surface area is 168 Å². The summed E-state index contributed by atoms with van der Waals surface area (Å²) in [6.07, 6.45) is 0.814. The van der Waals surface area contributed by atoms with Crippen LogP contribution in [0.25, 0.3) is 0 Å². The first-order chi connectivity index (χ1) is 13.8. The van der Waals surface area contributed by atoms with Crippen molar-refractivity contribution in [2.75, 3.05) is 39.6 Å². The van der Waals surface area contributed by atoms with Crippen LogP contribution < -0.4 is 11.2 Å². The van der Waals surface area contributed by atoms with Gasteiger partial charge in [0.1, 0.15) is 12.7 Å². The molecule has 1 aliphatic rings. The van der Waals surface area contributed by atoms with Crippen molar-refractivity contribution in [3.8, 4) is 0 Å². The summed E-state index contributed by atoms with van der Waals surface area (Å²) < 4.78 is 30.5. The van der Waals surface area contributed by atoms with Crippen molar-refractivity contribution in [2.24, 2.45) is 5.92 Å². The Kier molecular flexibility index (Phi) is 8.57. The summed E-state index contributed by atoms with van der Waals surface area (Å²) in [5, 5.41) is 18.4. The quantitative estimate of drug-likeness (QED) is 0.372. The number of nitrogens with one attached hydrogen (secondary N) is 1. The van der Waals surface area contributed by atoms with E-state index < -0.39 is 49.3 Å². The number of hydrogen-bond donors (Lipinski definition) is 3. The highest BCUT2D eigenvalue weighted by Crippen LogP contribution is 2.45. The maximum atomic E-state index is 12.4. The Morgan fingerprint density at radius 2 is 2.03 bits per heavy atom. The second kappa shape index (κ2) is 10.5. The largest absolute Gasteiger partial charge is 0.388 e. The third kappa shape index (κ3) is 5.75. The molecule has 1 unspecified atom stereocenters. The molecule has 0 aromatic carbocycles. The molecular formula is C18H29N2O8P. The van der Waals surface area contributed by atoms with Crippen molar-refractivity contribution in [1.82, 2.24) is 9.55 Å². The molecule has 3 N–H and O–H groups in total. The summed E-state index contributed by atoms with van der Waals surface area (Å²) in [7, 11) is -1.67. The molecule has 1 aromatic heterocycles. The lowest BCUT2D eigenvalue weighted by Crippen LogP contribution is -2.50. The fraction of sp³-hybridized carbons (Fsp3) is 0.667. The van der Waals surface area contributed by atoms with Gasteiger partial charge in [0.05, 0.1) is 38.1 Å². The maximum Gasteiger partial charge on any atom is 0.328 e. The van der Waals surface area contributed by atoms with Crippen LogP contribution in [0.2, 0.25) is 0 Å². The monoisotopic (exact) mass is 432 g/mol. The summed E-state index contributed by atoms with van der Waals surface area (Å²) in [5.74, 6) is 1.05. The minimum absolute atomic E-state index is 0.116. The second-order valence-corrected chi connectivity index (χ2v) is 9.88. The van der Waals surface area contributed by atoms with Crippen molar-refractivity contribution in [1.29, 1.82) is 0 Å². The molecule has 4 atom stereocenters. The first-order valence-corrected chi connectivity index (χ1v) is 11.4. The molecule has 10 nitrogen and oxygen atoms in total. The molecule has 0 spiro atoms. The number of aliphatic hydroxyl groups excluding tert-OH is 2. The summed E-state index contributed by atoms with van der Waals surface area (Å²) in [6.45, 7) is 4.24. The molecule has 1 saturated heterocycles. The molecule has 11 heteroatoms. The maximum absolute atomic E-state index is 12.4. The summed E-state index contributed by atoms with van der Waals surface area (Å²) >= 11 is 0. The van der Waals surface area contributed by atoms with Crippen molar-refractivity contribution < 1.29 is 29.0 Å². The van der Waals surface area contributed by atoms with Crippen molar-refractivity contribution in [2.45, 2.75) is 32.1 Å². The highest BCUT2D eigenvalue weighted by Gasteiger charge is 2.39. The van der Waals surface area contributed by atoms with Gasteiger partial charge in [0.25, 0.3) is 5.56 Å². The third-order valence-corrected chi connectivity index (χ3v) is 6.68. The number of hydrogen-bond acceptors (Lipinski definition) is 8. The van der Waals surface area contributed by atoms with Crippen LogP contribution in [0.5, 0.6) is 0 Å². The van der Waals surface area contributed by atoms with Gasteiger partial charge in [-0.05, 0) is 12.7 Å². The van der Waals surface area contributed by atoms with Crippen molar-refractivity contribution >= 4 is 7.14 Å². The number of nitrogens with zero attached hydrogens (tertiary/aromatic N) is 1. The number of methoxy groups -OCH3 is 1. The minimum Gasteiger partial charge on any atom is -0.388 e. The molecule has 2 rings (SSSR count). The molecule has 1 fully saturated rings. The van der Waals surface area contributed by atoms with Crippen LogP contribution in [0.4, 0.5) is 0 Å². The van der Waals surface area contributed by atoms with E-state index in [0.717, 1.165) is 0 Å². The average molecular weight is 432 g/mol. The molecule has 1 aromatic rings. The highest BCUT2D eigenvalue weighted by atomic mass is 31.2. The van der Waals surface area contributed by atoms with E-state index in [2.05, 4.69) is 4.98 Å². The number of ether oxygens (including phenoxy) is 3. The van der Waals surface area contributed by atoms with Gasteiger partial charge in [-0.15, -0.1) is 0 Å². The van der Waals surface area contributed by atoms with Crippen LogP contribution in [0.3, 0.4) is 0 Å². The van der Waals surface area contributed by atoms with Crippen LogP contribution >= 0.6 is 7.14 Å². The van der Waals surface area contributed by atoms with E-state index in [0.29, 0.717) is 18.8 Å². The molecule has 0 radical (unpaired) electrons. The second-order valence-electron chi connectivity index (χ2n) is 7.11. The van der Waals surface area contributed by atoms with E-state index in [1.54, 1.807) is 20.1 Å². The zero-order valence-electron chi connectivity index (χ0n) is 16.8. The molecule has 1 aliphatic heterocycles. The number of aliphatic hydroxyl groups is 2. The van der Waals surface area contributed by atoms with E-state index in [1.807, 2.05) is 6.92 Å². The topological polar surface area (TPSA) is 140 Å². The summed E-state index contributed by atoms with van der Waals surface area (Å²) in [6, 6.07) is -0.489. The van der Waals surface area contributed by atoms with Crippen LogP contribution in [0.1, 0.15) is 18.5 Å². The van der Waals surface area contributed by atoms with Gasteiger partial charge in [-0.1, -0.05) is 13.0 Å². The lowest BCUT2D eigenvalue weighted by Gasteiger charge is -2.41. The summed E-state index contributed by atoms with van der Waals surface area (Å²) in [4.78, 5) is 26.3. The molecule has 0 aliphatic carbocycles. The van der Waals surface area contributed by atoms with Gasteiger partial charge in [-0.2, -0.15) is 0 Å². The average Bonchev–Trinajstić information content (AvgIpc) is 2.71. The van der Waals surface area contributed by atoms with E-state index in [1.165, 1.54) is 16.6 Å². The Hall–Kier alpha value is -1.55. The van der Waals surface area contributed by atoms with Gasteiger partial charge in [0, 0.05) is 24.8 Å².